The number of benzene rings is 1. The van der Waals surface area contributed by atoms with Crippen LogP contribution in [0.3, 0.4) is 0 Å². The Morgan fingerprint density at radius 1 is 1.28 bits per heavy atom. The third kappa shape index (κ3) is 4.66. The Morgan fingerprint density at radius 2 is 2.06 bits per heavy atom. The maximum Gasteiger partial charge on any atom is 0.0191 e. The first-order valence-corrected chi connectivity index (χ1v) is 8.09. The first-order chi connectivity index (χ1) is 8.74. The Kier molecular flexibility index (Phi) is 5.58. The van der Waals surface area contributed by atoms with Crippen LogP contribution in [0.15, 0.2) is 29.2 Å². The van der Waals surface area contributed by atoms with Gasteiger partial charge in [0.15, 0.2) is 0 Å². The van der Waals surface area contributed by atoms with Gasteiger partial charge in [-0.3, -0.25) is 0 Å². The molecule has 1 atom stereocenters. The quantitative estimate of drug-likeness (QED) is 0.790. The highest BCUT2D eigenvalue weighted by Crippen LogP contribution is 2.24. The second-order valence-electron chi connectivity index (χ2n) is 5.49. The second-order valence-corrected chi connectivity index (χ2v) is 7.00. The average molecular weight is 263 g/mol. The number of aryl methyl sites for hydroxylation is 1. The molecule has 0 spiro atoms. The summed E-state index contributed by atoms with van der Waals surface area (Å²) in [6, 6.07) is 9.59. The van der Waals surface area contributed by atoms with Gasteiger partial charge in [-0.2, -0.15) is 0 Å². The summed E-state index contributed by atoms with van der Waals surface area (Å²) < 4.78 is 0. The van der Waals surface area contributed by atoms with Crippen molar-refractivity contribution in [1.29, 1.82) is 0 Å². The summed E-state index contributed by atoms with van der Waals surface area (Å²) in [6.45, 7) is 5.61. The lowest BCUT2D eigenvalue weighted by atomic mass is 9.95. The zero-order valence-corrected chi connectivity index (χ0v) is 12.4. The summed E-state index contributed by atoms with van der Waals surface area (Å²) in [5, 5.41) is 4.38. The van der Waals surface area contributed by atoms with Gasteiger partial charge in [0.1, 0.15) is 0 Å². The number of hydrogen-bond donors (Lipinski definition) is 1. The summed E-state index contributed by atoms with van der Waals surface area (Å²) in [5.41, 5.74) is 1.35. The van der Waals surface area contributed by atoms with Gasteiger partial charge < -0.3 is 5.32 Å². The molecule has 0 radical (unpaired) electrons. The Hall–Kier alpha value is -0.470. The van der Waals surface area contributed by atoms with Crippen molar-refractivity contribution >= 4 is 11.8 Å². The third-order valence-electron chi connectivity index (χ3n) is 3.63. The van der Waals surface area contributed by atoms with Crippen molar-refractivity contribution in [3.05, 3.63) is 29.8 Å². The number of nitrogens with one attached hydrogen (secondary N) is 1. The summed E-state index contributed by atoms with van der Waals surface area (Å²) in [4.78, 5) is 1.40. The second kappa shape index (κ2) is 7.20. The lowest BCUT2D eigenvalue weighted by Crippen LogP contribution is -2.35. The summed E-state index contributed by atoms with van der Waals surface area (Å²) >= 11 is 1.98. The Bertz CT molecular complexity index is 358. The molecule has 1 unspecified atom stereocenters. The molecule has 1 aromatic rings. The molecule has 1 N–H and O–H groups in total. The molecule has 0 aliphatic heterocycles. The first kappa shape index (κ1) is 14.0. The molecule has 0 bridgehead atoms. The van der Waals surface area contributed by atoms with Crippen molar-refractivity contribution in [1.82, 2.24) is 5.32 Å². The number of rotatable bonds is 5. The predicted molar refractivity (Wildman–Crippen MR) is 81.4 cm³/mol. The predicted octanol–water partition coefficient (Wildman–Crippen LogP) is 4.40. The maximum absolute atomic E-state index is 3.74. The van der Waals surface area contributed by atoms with E-state index in [1.807, 2.05) is 11.8 Å². The molecule has 1 aliphatic rings. The van der Waals surface area contributed by atoms with E-state index in [9.17, 15) is 0 Å². The van der Waals surface area contributed by atoms with E-state index in [0.29, 0.717) is 5.25 Å². The Morgan fingerprint density at radius 3 is 2.78 bits per heavy atom. The van der Waals surface area contributed by atoms with Crippen LogP contribution in [-0.4, -0.2) is 17.8 Å². The molecule has 2 heteroatoms. The van der Waals surface area contributed by atoms with Gasteiger partial charge in [0, 0.05) is 22.7 Å². The fraction of sp³-hybridized carbons (Fsp3) is 0.625. The zero-order valence-electron chi connectivity index (χ0n) is 11.6. The van der Waals surface area contributed by atoms with Crippen molar-refractivity contribution in [3.63, 3.8) is 0 Å². The maximum atomic E-state index is 3.74. The van der Waals surface area contributed by atoms with Crippen molar-refractivity contribution in [3.8, 4) is 0 Å². The van der Waals surface area contributed by atoms with Crippen molar-refractivity contribution in [2.75, 3.05) is 6.54 Å². The minimum absolute atomic E-state index is 0.647. The minimum atomic E-state index is 0.647. The van der Waals surface area contributed by atoms with E-state index < -0.39 is 0 Å². The molecule has 0 amide bonds. The molecule has 0 heterocycles. The summed E-state index contributed by atoms with van der Waals surface area (Å²) in [7, 11) is 0. The van der Waals surface area contributed by atoms with Crippen LogP contribution in [0.2, 0.25) is 0 Å². The molecular formula is C16H25NS. The van der Waals surface area contributed by atoms with Crippen molar-refractivity contribution in [2.24, 2.45) is 0 Å². The van der Waals surface area contributed by atoms with Crippen LogP contribution < -0.4 is 5.32 Å². The average Bonchev–Trinajstić information content (AvgIpc) is 2.38. The van der Waals surface area contributed by atoms with Crippen LogP contribution in [0.5, 0.6) is 0 Å². The number of thioether (sulfide) groups is 1. The highest BCUT2D eigenvalue weighted by Gasteiger charge is 2.13. The van der Waals surface area contributed by atoms with Gasteiger partial charge in [0.25, 0.3) is 0 Å². The smallest absolute Gasteiger partial charge is 0.0191 e. The molecule has 1 fully saturated rings. The molecular weight excluding hydrogens is 238 g/mol. The van der Waals surface area contributed by atoms with E-state index in [1.54, 1.807) is 0 Å². The monoisotopic (exact) mass is 263 g/mol. The zero-order chi connectivity index (χ0) is 12.8. The largest absolute Gasteiger partial charge is 0.313 e. The molecule has 0 aromatic heterocycles. The molecule has 1 saturated carbocycles. The molecule has 100 valence electrons. The van der Waals surface area contributed by atoms with Crippen LogP contribution in [0.4, 0.5) is 0 Å². The van der Waals surface area contributed by atoms with E-state index in [-0.39, 0.29) is 0 Å². The normalized spacial score (nSPS) is 18.8. The third-order valence-corrected chi connectivity index (χ3v) is 4.72. The fourth-order valence-corrected chi connectivity index (χ4v) is 3.66. The van der Waals surface area contributed by atoms with Crippen LogP contribution >= 0.6 is 11.8 Å². The van der Waals surface area contributed by atoms with E-state index in [1.165, 1.54) is 42.6 Å². The van der Waals surface area contributed by atoms with Gasteiger partial charge in [-0.25, -0.2) is 0 Å². The van der Waals surface area contributed by atoms with Gasteiger partial charge in [-0.1, -0.05) is 43.9 Å². The molecule has 0 saturated heterocycles. The van der Waals surface area contributed by atoms with Crippen LogP contribution in [0.1, 0.15) is 44.6 Å². The van der Waals surface area contributed by atoms with Gasteiger partial charge in [0.05, 0.1) is 0 Å². The van der Waals surface area contributed by atoms with E-state index in [0.717, 1.165) is 12.6 Å². The summed E-state index contributed by atoms with van der Waals surface area (Å²) in [6.07, 6.45) is 7.02. The van der Waals surface area contributed by atoms with Gasteiger partial charge in [-0.05, 0) is 31.9 Å². The Balaban J connectivity index is 1.72. The lowest BCUT2D eigenvalue weighted by molar-refractivity contribution is 0.375. The molecule has 2 rings (SSSR count). The highest BCUT2D eigenvalue weighted by molar-refractivity contribution is 8.00. The summed E-state index contributed by atoms with van der Waals surface area (Å²) in [5.74, 6) is 0. The van der Waals surface area contributed by atoms with Crippen molar-refractivity contribution < 1.29 is 0 Å². The van der Waals surface area contributed by atoms with Crippen LogP contribution in [0.25, 0.3) is 0 Å². The lowest BCUT2D eigenvalue weighted by Gasteiger charge is -2.24. The van der Waals surface area contributed by atoms with Crippen LogP contribution in [-0.2, 0) is 0 Å². The molecule has 1 nitrogen and oxygen atoms in total. The SMILES string of the molecule is Cc1cccc(SC(C)CNC2CCCCC2)c1. The van der Waals surface area contributed by atoms with E-state index in [4.69, 9.17) is 0 Å². The first-order valence-electron chi connectivity index (χ1n) is 7.21. The molecule has 1 aliphatic carbocycles. The topological polar surface area (TPSA) is 12.0 Å². The standard InChI is InChI=1S/C16H25NS/c1-13-7-6-10-16(11-13)18-14(2)12-17-15-8-4-3-5-9-15/h6-7,10-11,14-15,17H,3-5,8-9,12H2,1-2H3. The highest BCUT2D eigenvalue weighted by atomic mass is 32.2. The fourth-order valence-electron chi connectivity index (χ4n) is 2.60. The minimum Gasteiger partial charge on any atom is -0.313 e. The van der Waals surface area contributed by atoms with Crippen molar-refractivity contribution in [2.45, 2.75) is 62.1 Å². The Labute approximate surface area is 116 Å². The van der Waals surface area contributed by atoms with Gasteiger partial charge >= 0.3 is 0 Å². The van der Waals surface area contributed by atoms with Crippen LogP contribution in [0, 0.1) is 6.92 Å². The number of hydrogen-bond acceptors (Lipinski definition) is 2. The molecule has 18 heavy (non-hydrogen) atoms. The van der Waals surface area contributed by atoms with Gasteiger partial charge in [-0.15, -0.1) is 11.8 Å². The van der Waals surface area contributed by atoms with E-state index >= 15 is 0 Å². The molecule has 1 aromatic carbocycles. The van der Waals surface area contributed by atoms with E-state index in [2.05, 4.69) is 43.4 Å². The van der Waals surface area contributed by atoms with Gasteiger partial charge in [0.2, 0.25) is 0 Å².